The molecule has 0 aliphatic rings. The zero-order chi connectivity index (χ0) is 12.0. The van der Waals surface area contributed by atoms with Crippen molar-refractivity contribution in [1.29, 1.82) is 0 Å². The molecule has 0 aromatic carbocycles. The average Bonchev–Trinajstić information content (AvgIpc) is 2.28. The van der Waals surface area contributed by atoms with E-state index in [2.05, 4.69) is 36.8 Å². The predicted octanol–water partition coefficient (Wildman–Crippen LogP) is 1.54. The van der Waals surface area contributed by atoms with Crippen molar-refractivity contribution in [2.24, 2.45) is 11.7 Å². The lowest BCUT2D eigenvalue weighted by atomic mass is 10.0. The standard InChI is InChI=1S/C13H23N3/c1-11(2)13(10-14)16(3)9-7-12-6-4-5-8-15-12/h4-6,8,11,13H,7,9-10,14H2,1-3H3. The van der Waals surface area contributed by atoms with Gasteiger partial charge in [-0.3, -0.25) is 4.98 Å². The minimum Gasteiger partial charge on any atom is -0.329 e. The van der Waals surface area contributed by atoms with E-state index in [4.69, 9.17) is 5.73 Å². The molecule has 0 spiro atoms. The molecule has 0 amide bonds. The fourth-order valence-corrected chi connectivity index (χ4v) is 1.96. The molecule has 90 valence electrons. The molecule has 0 saturated carbocycles. The summed E-state index contributed by atoms with van der Waals surface area (Å²) < 4.78 is 0. The van der Waals surface area contributed by atoms with Crippen LogP contribution in [0.3, 0.4) is 0 Å². The Morgan fingerprint density at radius 2 is 2.12 bits per heavy atom. The van der Waals surface area contributed by atoms with E-state index in [0.29, 0.717) is 12.0 Å². The predicted molar refractivity (Wildman–Crippen MR) is 68.3 cm³/mol. The molecule has 0 saturated heterocycles. The quantitative estimate of drug-likeness (QED) is 0.792. The van der Waals surface area contributed by atoms with Gasteiger partial charge < -0.3 is 10.6 Å². The first-order valence-corrected chi connectivity index (χ1v) is 5.95. The van der Waals surface area contributed by atoms with Crippen LogP contribution in [0.15, 0.2) is 24.4 Å². The Balaban J connectivity index is 2.43. The molecule has 3 heteroatoms. The van der Waals surface area contributed by atoms with E-state index in [1.54, 1.807) is 0 Å². The second kappa shape index (κ2) is 6.61. The van der Waals surface area contributed by atoms with Gasteiger partial charge in [-0.25, -0.2) is 0 Å². The normalized spacial score (nSPS) is 13.4. The number of nitrogens with zero attached hydrogens (tertiary/aromatic N) is 2. The lowest BCUT2D eigenvalue weighted by molar-refractivity contribution is 0.199. The number of aromatic nitrogens is 1. The van der Waals surface area contributed by atoms with Gasteiger partial charge in [-0.2, -0.15) is 0 Å². The molecule has 1 heterocycles. The molecular formula is C13H23N3. The SMILES string of the molecule is CC(C)C(CN)N(C)CCc1ccccn1. The van der Waals surface area contributed by atoms with Crippen molar-refractivity contribution < 1.29 is 0 Å². The fourth-order valence-electron chi connectivity index (χ4n) is 1.96. The summed E-state index contributed by atoms with van der Waals surface area (Å²) in [6, 6.07) is 6.51. The largest absolute Gasteiger partial charge is 0.329 e. The van der Waals surface area contributed by atoms with E-state index < -0.39 is 0 Å². The number of hydrogen-bond donors (Lipinski definition) is 1. The van der Waals surface area contributed by atoms with E-state index >= 15 is 0 Å². The third-order valence-electron chi connectivity index (χ3n) is 3.02. The van der Waals surface area contributed by atoms with Crippen molar-refractivity contribution in [3.05, 3.63) is 30.1 Å². The molecule has 16 heavy (non-hydrogen) atoms. The first kappa shape index (κ1) is 13.1. The molecular weight excluding hydrogens is 198 g/mol. The van der Waals surface area contributed by atoms with Gasteiger partial charge >= 0.3 is 0 Å². The maximum Gasteiger partial charge on any atom is 0.0416 e. The van der Waals surface area contributed by atoms with Crippen LogP contribution in [-0.4, -0.2) is 36.1 Å². The van der Waals surface area contributed by atoms with E-state index in [9.17, 15) is 0 Å². The third-order valence-corrected chi connectivity index (χ3v) is 3.02. The maximum atomic E-state index is 5.79. The number of nitrogens with two attached hydrogens (primary N) is 1. The minimum absolute atomic E-state index is 0.462. The van der Waals surface area contributed by atoms with Crippen LogP contribution in [0, 0.1) is 5.92 Å². The molecule has 0 aliphatic heterocycles. The van der Waals surface area contributed by atoms with Gasteiger partial charge in [0, 0.05) is 37.4 Å². The Kier molecular flexibility index (Phi) is 5.43. The van der Waals surface area contributed by atoms with Crippen LogP contribution in [0.5, 0.6) is 0 Å². The van der Waals surface area contributed by atoms with Crippen LogP contribution >= 0.6 is 0 Å². The van der Waals surface area contributed by atoms with Gasteiger partial charge in [0.15, 0.2) is 0 Å². The second-order valence-corrected chi connectivity index (χ2v) is 4.60. The molecule has 1 rings (SSSR count). The number of hydrogen-bond acceptors (Lipinski definition) is 3. The molecule has 1 unspecified atom stereocenters. The van der Waals surface area contributed by atoms with Gasteiger partial charge in [0.2, 0.25) is 0 Å². The first-order chi connectivity index (χ1) is 7.65. The highest BCUT2D eigenvalue weighted by atomic mass is 15.1. The lowest BCUT2D eigenvalue weighted by Crippen LogP contribution is -2.42. The lowest BCUT2D eigenvalue weighted by Gasteiger charge is -2.29. The first-order valence-electron chi connectivity index (χ1n) is 5.95. The highest BCUT2D eigenvalue weighted by Gasteiger charge is 2.16. The van der Waals surface area contributed by atoms with Crippen LogP contribution in [0.1, 0.15) is 19.5 Å². The molecule has 0 bridgehead atoms. The summed E-state index contributed by atoms with van der Waals surface area (Å²) in [5.41, 5.74) is 6.93. The van der Waals surface area contributed by atoms with Crippen LogP contribution in [-0.2, 0) is 6.42 Å². The summed E-state index contributed by atoms with van der Waals surface area (Å²) in [6.45, 7) is 6.16. The van der Waals surface area contributed by atoms with Gasteiger partial charge in [-0.1, -0.05) is 19.9 Å². The Morgan fingerprint density at radius 1 is 1.38 bits per heavy atom. The average molecular weight is 221 g/mol. The maximum absolute atomic E-state index is 5.79. The monoisotopic (exact) mass is 221 g/mol. The Morgan fingerprint density at radius 3 is 2.62 bits per heavy atom. The molecule has 1 aromatic rings. The van der Waals surface area contributed by atoms with Gasteiger partial charge in [-0.15, -0.1) is 0 Å². The van der Waals surface area contributed by atoms with E-state index in [1.807, 2.05) is 18.3 Å². The van der Waals surface area contributed by atoms with Crippen LogP contribution in [0.4, 0.5) is 0 Å². The molecule has 0 radical (unpaired) electrons. The fraction of sp³-hybridized carbons (Fsp3) is 0.615. The van der Waals surface area contributed by atoms with Crippen molar-refractivity contribution in [2.45, 2.75) is 26.3 Å². The Labute approximate surface area is 98.7 Å². The molecule has 2 N–H and O–H groups in total. The van der Waals surface area contributed by atoms with Crippen LogP contribution in [0.25, 0.3) is 0 Å². The number of likely N-dealkylation sites (N-methyl/N-ethyl adjacent to an activating group) is 1. The highest BCUT2D eigenvalue weighted by molar-refractivity contribution is 5.03. The summed E-state index contributed by atoms with van der Waals surface area (Å²) in [5, 5.41) is 0. The highest BCUT2D eigenvalue weighted by Crippen LogP contribution is 2.08. The molecule has 0 fully saturated rings. The summed E-state index contributed by atoms with van der Waals surface area (Å²) >= 11 is 0. The van der Waals surface area contributed by atoms with Crippen molar-refractivity contribution >= 4 is 0 Å². The third kappa shape index (κ3) is 3.91. The summed E-state index contributed by atoms with van der Waals surface area (Å²) in [7, 11) is 2.14. The van der Waals surface area contributed by atoms with Crippen molar-refractivity contribution in [1.82, 2.24) is 9.88 Å². The topological polar surface area (TPSA) is 42.1 Å². The van der Waals surface area contributed by atoms with Crippen LogP contribution in [0.2, 0.25) is 0 Å². The zero-order valence-electron chi connectivity index (χ0n) is 10.6. The second-order valence-electron chi connectivity index (χ2n) is 4.60. The smallest absolute Gasteiger partial charge is 0.0416 e. The number of rotatable bonds is 6. The molecule has 3 nitrogen and oxygen atoms in total. The number of pyridine rings is 1. The van der Waals surface area contributed by atoms with E-state index in [-0.39, 0.29) is 0 Å². The molecule has 1 aromatic heterocycles. The summed E-state index contributed by atoms with van der Waals surface area (Å²) in [4.78, 5) is 6.66. The molecule has 1 atom stereocenters. The van der Waals surface area contributed by atoms with Crippen LogP contribution < -0.4 is 5.73 Å². The van der Waals surface area contributed by atoms with E-state index in [1.165, 1.54) is 0 Å². The Hall–Kier alpha value is -0.930. The van der Waals surface area contributed by atoms with Gasteiger partial charge in [0.05, 0.1) is 0 Å². The molecule has 0 aliphatic carbocycles. The van der Waals surface area contributed by atoms with Gasteiger partial charge in [-0.05, 0) is 25.1 Å². The Bertz CT molecular complexity index is 284. The summed E-state index contributed by atoms with van der Waals surface area (Å²) in [5.74, 6) is 0.596. The van der Waals surface area contributed by atoms with Crippen molar-refractivity contribution in [2.75, 3.05) is 20.1 Å². The van der Waals surface area contributed by atoms with Gasteiger partial charge in [0.1, 0.15) is 0 Å². The van der Waals surface area contributed by atoms with Crippen molar-refractivity contribution in [3.63, 3.8) is 0 Å². The van der Waals surface area contributed by atoms with Gasteiger partial charge in [0.25, 0.3) is 0 Å². The van der Waals surface area contributed by atoms with E-state index in [0.717, 1.165) is 25.2 Å². The van der Waals surface area contributed by atoms with Crippen molar-refractivity contribution in [3.8, 4) is 0 Å². The zero-order valence-corrected chi connectivity index (χ0v) is 10.6. The minimum atomic E-state index is 0.462. The summed E-state index contributed by atoms with van der Waals surface area (Å²) in [6.07, 6.45) is 2.83.